The van der Waals surface area contributed by atoms with Crippen LogP contribution in [0.2, 0.25) is 10.0 Å². The topological polar surface area (TPSA) is 75.7 Å². The molecule has 3 aromatic carbocycles. The third-order valence-electron chi connectivity index (χ3n) is 4.80. The molecule has 0 fully saturated rings. The number of nitrogens with zero attached hydrogens (tertiary/aromatic N) is 1. The molecule has 0 atom stereocenters. The highest BCUT2D eigenvalue weighted by Crippen LogP contribution is 2.35. The lowest BCUT2D eigenvalue weighted by molar-refractivity contribution is -0.120. The Balaban J connectivity index is 1.50. The molecule has 0 bridgehead atoms. The Hall–Kier alpha value is -3.32. The number of imide groups is 1. The summed E-state index contributed by atoms with van der Waals surface area (Å²) in [6.07, 6.45) is 0. The molecule has 0 saturated heterocycles. The second-order valence-electron chi connectivity index (χ2n) is 7.14. The number of aryl methyl sites for hydroxylation is 1. The number of hydrogen-bond acceptors (Lipinski definition) is 5. The van der Waals surface area contributed by atoms with Gasteiger partial charge in [0, 0.05) is 10.7 Å². The number of carbonyl (C=O) groups excluding carboxylic acids is 3. The number of halogens is 3. The van der Waals surface area contributed by atoms with Crippen molar-refractivity contribution in [3.05, 3.63) is 98.6 Å². The second-order valence-corrected chi connectivity index (χ2v) is 8.36. The first-order valence-corrected chi connectivity index (χ1v) is 10.8. The highest BCUT2D eigenvalue weighted by molar-refractivity contribution is 6.54. The fourth-order valence-corrected chi connectivity index (χ4v) is 3.67. The molecule has 1 aliphatic rings. The third kappa shape index (κ3) is 4.73. The monoisotopic (exact) mass is 500 g/mol. The molecule has 0 unspecified atom stereocenters. The summed E-state index contributed by atoms with van der Waals surface area (Å²) in [5.41, 5.74) is 1.81. The van der Waals surface area contributed by atoms with E-state index in [1.54, 1.807) is 24.3 Å². The van der Waals surface area contributed by atoms with Crippen molar-refractivity contribution in [2.75, 3.05) is 10.2 Å². The van der Waals surface area contributed by atoms with E-state index < -0.39 is 17.8 Å². The van der Waals surface area contributed by atoms with Gasteiger partial charge in [0.05, 0.1) is 16.3 Å². The Morgan fingerprint density at radius 2 is 1.55 bits per heavy atom. The van der Waals surface area contributed by atoms with Crippen molar-refractivity contribution < 1.29 is 19.1 Å². The minimum atomic E-state index is -0.730. The molecule has 9 heteroatoms. The number of esters is 1. The van der Waals surface area contributed by atoms with Crippen molar-refractivity contribution in [2.45, 2.75) is 6.92 Å². The molecule has 2 amide bonds. The van der Waals surface area contributed by atoms with Crippen LogP contribution in [0.4, 0.5) is 11.4 Å². The second kappa shape index (κ2) is 9.27. The van der Waals surface area contributed by atoms with Crippen molar-refractivity contribution >= 4 is 64.0 Å². The van der Waals surface area contributed by atoms with Crippen LogP contribution in [0, 0.1) is 6.92 Å². The van der Waals surface area contributed by atoms with Gasteiger partial charge in [0.15, 0.2) is 0 Å². The lowest BCUT2D eigenvalue weighted by Gasteiger charge is -2.17. The summed E-state index contributed by atoms with van der Waals surface area (Å²) < 4.78 is 5.34. The van der Waals surface area contributed by atoms with E-state index in [0.29, 0.717) is 22.0 Å². The number of rotatable bonds is 5. The summed E-state index contributed by atoms with van der Waals surface area (Å²) >= 11 is 18.3. The van der Waals surface area contributed by atoms with Crippen LogP contribution in [-0.4, -0.2) is 17.8 Å². The molecule has 0 aliphatic carbocycles. The summed E-state index contributed by atoms with van der Waals surface area (Å²) in [6.45, 7) is 1.94. The smallest absolute Gasteiger partial charge is 0.343 e. The van der Waals surface area contributed by atoms with Crippen LogP contribution in [0.1, 0.15) is 15.9 Å². The molecule has 4 rings (SSSR count). The van der Waals surface area contributed by atoms with Crippen molar-refractivity contribution in [2.24, 2.45) is 0 Å². The van der Waals surface area contributed by atoms with Crippen LogP contribution >= 0.6 is 34.8 Å². The summed E-state index contributed by atoms with van der Waals surface area (Å²) in [6, 6.07) is 17.7. The van der Waals surface area contributed by atoms with E-state index in [1.807, 2.05) is 19.1 Å². The van der Waals surface area contributed by atoms with Crippen LogP contribution < -0.4 is 15.0 Å². The Morgan fingerprint density at radius 1 is 0.879 bits per heavy atom. The van der Waals surface area contributed by atoms with E-state index in [1.165, 1.54) is 30.3 Å². The lowest BCUT2D eigenvalue weighted by Crippen LogP contribution is -2.32. The molecule has 1 aliphatic heterocycles. The lowest BCUT2D eigenvalue weighted by atomic mass is 10.2. The van der Waals surface area contributed by atoms with Gasteiger partial charge in [-0.05, 0) is 61.5 Å². The molecule has 1 heterocycles. The highest BCUT2D eigenvalue weighted by Gasteiger charge is 2.40. The SMILES string of the molecule is Cc1ccc(OC(=O)c2ccc(NC3=C(Cl)C(=O)N(c4cc(Cl)ccc4Cl)C3=O)cc2)cc1. The minimum absolute atomic E-state index is 0.118. The fraction of sp³-hybridized carbons (Fsp3) is 0.0417. The van der Waals surface area contributed by atoms with Crippen LogP contribution in [0.3, 0.4) is 0 Å². The molecule has 6 nitrogen and oxygen atoms in total. The minimum Gasteiger partial charge on any atom is -0.423 e. The average Bonchev–Trinajstić information content (AvgIpc) is 3.00. The average molecular weight is 502 g/mol. The first-order chi connectivity index (χ1) is 15.7. The van der Waals surface area contributed by atoms with E-state index in [-0.39, 0.29) is 21.4 Å². The van der Waals surface area contributed by atoms with Gasteiger partial charge < -0.3 is 10.1 Å². The zero-order valence-electron chi connectivity index (χ0n) is 17.1. The summed E-state index contributed by atoms with van der Waals surface area (Å²) in [4.78, 5) is 38.8. The van der Waals surface area contributed by atoms with E-state index >= 15 is 0 Å². The number of ether oxygens (including phenoxy) is 1. The fourth-order valence-electron chi connectivity index (χ4n) is 3.09. The Labute approximate surface area is 204 Å². The van der Waals surface area contributed by atoms with E-state index in [4.69, 9.17) is 39.5 Å². The summed E-state index contributed by atoms with van der Waals surface area (Å²) in [5.74, 6) is -1.51. The van der Waals surface area contributed by atoms with Gasteiger partial charge in [-0.2, -0.15) is 0 Å². The van der Waals surface area contributed by atoms with Gasteiger partial charge in [-0.1, -0.05) is 52.5 Å². The molecular weight excluding hydrogens is 487 g/mol. The van der Waals surface area contributed by atoms with Gasteiger partial charge in [-0.3, -0.25) is 9.59 Å². The molecule has 0 radical (unpaired) electrons. The van der Waals surface area contributed by atoms with E-state index in [2.05, 4.69) is 5.32 Å². The Kier molecular flexibility index (Phi) is 6.42. The van der Waals surface area contributed by atoms with Crippen LogP contribution in [0.5, 0.6) is 5.75 Å². The van der Waals surface area contributed by atoms with Crippen molar-refractivity contribution in [1.82, 2.24) is 0 Å². The van der Waals surface area contributed by atoms with Crippen molar-refractivity contribution in [3.63, 3.8) is 0 Å². The third-order valence-corrected chi connectivity index (χ3v) is 5.70. The largest absolute Gasteiger partial charge is 0.423 e. The molecule has 0 saturated carbocycles. The Bertz CT molecular complexity index is 1300. The number of benzene rings is 3. The number of hydrogen-bond donors (Lipinski definition) is 1. The summed E-state index contributed by atoms with van der Waals surface area (Å²) in [5, 5.41) is 3.02. The predicted octanol–water partition coefficient (Wildman–Crippen LogP) is 5.96. The molecule has 3 aromatic rings. The van der Waals surface area contributed by atoms with E-state index in [0.717, 1.165) is 10.5 Å². The first kappa shape index (κ1) is 22.9. The summed E-state index contributed by atoms with van der Waals surface area (Å²) in [7, 11) is 0. The first-order valence-electron chi connectivity index (χ1n) is 9.64. The number of amides is 2. The van der Waals surface area contributed by atoms with Gasteiger partial charge in [-0.15, -0.1) is 0 Å². The molecule has 166 valence electrons. The quantitative estimate of drug-likeness (QED) is 0.265. The van der Waals surface area contributed by atoms with Crippen molar-refractivity contribution in [1.29, 1.82) is 0 Å². The maximum absolute atomic E-state index is 12.9. The zero-order chi connectivity index (χ0) is 23.7. The van der Waals surface area contributed by atoms with Gasteiger partial charge in [0.2, 0.25) is 0 Å². The maximum Gasteiger partial charge on any atom is 0.343 e. The molecule has 0 aromatic heterocycles. The molecule has 33 heavy (non-hydrogen) atoms. The standard InChI is InChI=1S/C24H15Cl3N2O4/c1-13-2-9-17(10-3-13)33-24(32)14-4-7-16(8-5-14)28-21-20(27)22(30)29(23(21)31)19-12-15(25)6-11-18(19)26/h2-12,28H,1H3. The van der Waals surface area contributed by atoms with Gasteiger partial charge >= 0.3 is 5.97 Å². The van der Waals surface area contributed by atoms with Gasteiger partial charge in [0.25, 0.3) is 11.8 Å². The van der Waals surface area contributed by atoms with Crippen LogP contribution in [-0.2, 0) is 9.59 Å². The molecular formula is C24H15Cl3N2O4. The van der Waals surface area contributed by atoms with Crippen molar-refractivity contribution in [3.8, 4) is 5.75 Å². The van der Waals surface area contributed by atoms with Gasteiger partial charge in [0.1, 0.15) is 16.5 Å². The van der Waals surface area contributed by atoms with Gasteiger partial charge in [-0.25, -0.2) is 9.69 Å². The maximum atomic E-state index is 12.9. The normalized spacial score (nSPS) is 13.5. The highest BCUT2D eigenvalue weighted by atomic mass is 35.5. The number of carbonyl (C=O) groups is 3. The Morgan fingerprint density at radius 3 is 2.21 bits per heavy atom. The predicted molar refractivity (Wildman–Crippen MR) is 128 cm³/mol. The van der Waals surface area contributed by atoms with E-state index in [9.17, 15) is 14.4 Å². The molecule has 0 spiro atoms. The molecule has 1 N–H and O–H groups in total. The van der Waals surface area contributed by atoms with Crippen LogP contribution in [0.25, 0.3) is 0 Å². The van der Waals surface area contributed by atoms with Crippen LogP contribution in [0.15, 0.2) is 77.5 Å². The number of nitrogens with one attached hydrogen (secondary N) is 1. The zero-order valence-corrected chi connectivity index (χ0v) is 19.3. The number of anilines is 2.